The molecule has 0 aliphatic heterocycles. The van der Waals surface area contributed by atoms with Crippen LogP contribution in [0.2, 0.25) is 0 Å². The molecule has 0 unspecified atom stereocenters. The number of hydrogen-bond donors (Lipinski definition) is 0. The van der Waals surface area contributed by atoms with Gasteiger partial charge in [0.1, 0.15) is 5.75 Å². The highest BCUT2D eigenvalue weighted by Gasteiger charge is 1.97. The molecule has 0 atom stereocenters. The smallest absolute Gasteiger partial charge is 0.297 e. The fourth-order valence-electron chi connectivity index (χ4n) is 1.30. The van der Waals surface area contributed by atoms with Gasteiger partial charge in [0.2, 0.25) is 0 Å². The summed E-state index contributed by atoms with van der Waals surface area (Å²) in [4.78, 5) is 0. The quantitative estimate of drug-likeness (QED) is 0.706. The van der Waals surface area contributed by atoms with E-state index in [-0.39, 0.29) is 9.76 Å². The van der Waals surface area contributed by atoms with Gasteiger partial charge >= 0.3 is 0 Å². The lowest BCUT2D eigenvalue weighted by atomic mass is 10.2. The third kappa shape index (κ3) is 2.96. The molecule has 0 aliphatic rings. The van der Waals surface area contributed by atoms with Crippen molar-refractivity contribution in [1.29, 1.82) is 0 Å². The SMILES string of the molecule is Cc1[c]ccc(O[SiH]c2ccccc2)c1. The number of hydrogen-bond acceptors (Lipinski definition) is 1. The molecule has 0 fully saturated rings. The van der Waals surface area contributed by atoms with E-state index in [1.165, 1.54) is 5.19 Å². The lowest BCUT2D eigenvalue weighted by Crippen LogP contribution is -2.19. The molecule has 0 spiro atoms. The molecule has 74 valence electrons. The highest BCUT2D eigenvalue weighted by atomic mass is 28.2. The van der Waals surface area contributed by atoms with Crippen LogP contribution < -0.4 is 9.61 Å². The van der Waals surface area contributed by atoms with Crippen molar-refractivity contribution in [2.45, 2.75) is 6.92 Å². The minimum atomic E-state index is -0.138. The maximum atomic E-state index is 5.74. The fraction of sp³-hybridized carbons (Fsp3) is 0.0769. The topological polar surface area (TPSA) is 9.23 Å². The van der Waals surface area contributed by atoms with E-state index < -0.39 is 0 Å². The molecule has 2 aromatic rings. The van der Waals surface area contributed by atoms with Gasteiger partial charge in [-0.05, 0) is 35.9 Å². The third-order valence-electron chi connectivity index (χ3n) is 2.05. The molecule has 2 heteroatoms. The Kier molecular flexibility index (Phi) is 3.20. The Morgan fingerprint density at radius 2 is 1.93 bits per heavy atom. The van der Waals surface area contributed by atoms with Gasteiger partial charge in [0.25, 0.3) is 9.76 Å². The fourth-order valence-corrected chi connectivity index (χ4v) is 2.10. The second-order valence-corrected chi connectivity index (χ2v) is 4.49. The van der Waals surface area contributed by atoms with Crippen LogP contribution in [0.5, 0.6) is 5.75 Å². The van der Waals surface area contributed by atoms with Crippen LogP contribution in [0.1, 0.15) is 5.56 Å². The van der Waals surface area contributed by atoms with Gasteiger partial charge < -0.3 is 4.43 Å². The molecule has 0 aliphatic carbocycles. The van der Waals surface area contributed by atoms with Gasteiger partial charge in [0, 0.05) is 0 Å². The van der Waals surface area contributed by atoms with Crippen LogP contribution in [0.4, 0.5) is 0 Å². The molecule has 0 amide bonds. The van der Waals surface area contributed by atoms with E-state index in [1.54, 1.807) is 0 Å². The normalized spacial score (nSPS) is 9.93. The van der Waals surface area contributed by atoms with E-state index in [4.69, 9.17) is 4.43 Å². The molecule has 0 saturated heterocycles. The molecule has 2 rings (SSSR count). The van der Waals surface area contributed by atoms with Gasteiger partial charge in [-0.3, -0.25) is 0 Å². The monoisotopic (exact) mass is 212 g/mol. The Morgan fingerprint density at radius 3 is 2.67 bits per heavy atom. The lowest BCUT2D eigenvalue weighted by Gasteiger charge is -2.05. The summed E-state index contributed by atoms with van der Waals surface area (Å²) < 4.78 is 5.74. The molecule has 15 heavy (non-hydrogen) atoms. The lowest BCUT2D eigenvalue weighted by molar-refractivity contribution is 0.604. The van der Waals surface area contributed by atoms with E-state index in [1.807, 2.05) is 43.3 Å². The summed E-state index contributed by atoms with van der Waals surface area (Å²) in [5, 5.41) is 1.27. The Morgan fingerprint density at radius 1 is 1.13 bits per heavy atom. The van der Waals surface area contributed by atoms with Crippen LogP contribution in [0, 0.1) is 13.0 Å². The number of aryl methyl sites for hydroxylation is 1. The summed E-state index contributed by atoms with van der Waals surface area (Å²) in [5.41, 5.74) is 1.11. The molecule has 1 nitrogen and oxygen atoms in total. The third-order valence-corrected chi connectivity index (χ3v) is 3.10. The minimum Gasteiger partial charge on any atom is -0.540 e. The maximum absolute atomic E-state index is 5.74. The zero-order valence-corrected chi connectivity index (χ0v) is 9.76. The second kappa shape index (κ2) is 4.80. The summed E-state index contributed by atoms with van der Waals surface area (Å²) in [7, 11) is -0.138. The molecule has 2 aromatic carbocycles. The average Bonchev–Trinajstić information content (AvgIpc) is 2.28. The van der Waals surface area contributed by atoms with Crippen molar-refractivity contribution < 1.29 is 4.43 Å². The molecule has 0 aromatic heterocycles. The predicted molar refractivity (Wildman–Crippen MR) is 63.9 cm³/mol. The van der Waals surface area contributed by atoms with Crippen molar-refractivity contribution in [3.63, 3.8) is 0 Å². The van der Waals surface area contributed by atoms with Gasteiger partial charge in [-0.15, -0.1) is 0 Å². The molecule has 0 saturated carbocycles. The van der Waals surface area contributed by atoms with Gasteiger partial charge in [-0.25, -0.2) is 0 Å². The van der Waals surface area contributed by atoms with Gasteiger partial charge in [-0.1, -0.05) is 36.4 Å². The first-order valence-electron chi connectivity index (χ1n) is 4.88. The van der Waals surface area contributed by atoms with Crippen molar-refractivity contribution in [3.05, 3.63) is 60.2 Å². The standard InChI is InChI=1S/C13H12OSi/c1-11-6-5-7-12(10-11)14-15-13-8-3-2-4-9-13/h2-5,7-10,15H,1H3. The minimum absolute atomic E-state index is 0.138. The van der Waals surface area contributed by atoms with E-state index in [2.05, 4.69) is 18.2 Å². The van der Waals surface area contributed by atoms with E-state index >= 15 is 0 Å². The highest BCUT2D eigenvalue weighted by molar-refractivity contribution is 6.47. The van der Waals surface area contributed by atoms with E-state index in [0.29, 0.717) is 0 Å². The second-order valence-electron chi connectivity index (χ2n) is 3.35. The van der Waals surface area contributed by atoms with Crippen LogP contribution in [0.15, 0.2) is 48.5 Å². The number of benzene rings is 2. The van der Waals surface area contributed by atoms with Crippen molar-refractivity contribution in [1.82, 2.24) is 0 Å². The van der Waals surface area contributed by atoms with Crippen molar-refractivity contribution in [2.24, 2.45) is 0 Å². The Labute approximate surface area is 92.7 Å². The molecule has 0 heterocycles. The largest absolute Gasteiger partial charge is 0.540 e. The van der Waals surface area contributed by atoms with Crippen molar-refractivity contribution in [3.8, 4) is 5.75 Å². The summed E-state index contributed by atoms with van der Waals surface area (Å²) in [6.45, 7) is 2.02. The number of rotatable bonds is 3. The van der Waals surface area contributed by atoms with Crippen molar-refractivity contribution >= 4 is 14.9 Å². The van der Waals surface area contributed by atoms with Crippen molar-refractivity contribution in [2.75, 3.05) is 0 Å². The Balaban J connectivity index is 1.99. The Bertz CT molecular complexity index is 426. The predicted octanol–water partition coefficient (Wildman–Crippen LogP) is 1.85. The molecular formula is C13H12OSi. The summed E-state index contributed by atoms with van der Waals surface area (Å²) in [5.74, 6) is 0.935. The first-order valence-corrected chi connectivity index (χ1v) is 5.93. The average molecular weight is 212 g/mol. The highest BCUT2D eigenvalue weighted by Crippen LogP contribution is 2.10. The van der Waals surface area contributed by atoms with Gasteiger partial charge in [0.05, 0.1) is 0 Å². The van der Waals surface area contributed by atoms with Gasteiger partial charge in [0.15, 0.2) is 0 Å². The molecular weight excluding hydrogens is 200 g/mol. The van der Waals surface area contributed by atoms with Gasteiger partial charge in [-0.2, -0.15) is 0 Å². The zero-order valence-electron chi connectivity index (χ0n) is 8.60. The van der Waals surface area contributed by atoms with E-state index in [9.17, 15) is 0 Å². The summed E-state index contributed by atoms with van der Waals surface area (Å²) >= 11 is 0. The summed E-state index contributed by atoms with van der Waals surface area (Å²) in [6.07, 6.45) is 0. The molecule has 0 N–H and O–H groups in total. The van der Waals surface area contributed by atoms with Crippen LogP contribution in [-0.2, 0) is 0 Å². The first kappa shape index (κ1) is 9.99. The zero-order chi connectivity index (χ0) is 10.5. The Hall–Kier alpha value is -1.54. The van der Waals surface area contributed by atoms with Crippen LogP contribution in [-0.4, -0.2) is 9.76 Å². The molecule has 2 radical (unpaired) electrons. The molecule has 0 bridgehead atoms. The maximum Gasteiger partial charge on any atom is 0.297 e. The van der Waals surface area contributed by atoms with Crippen LogP contribution in [0.3, 0.4) is 0 Å². The first-order chi connectivity index (χ1) is 7.34. The van der Waals surface area contributed by atoms with Crippen LogP contribution in [0.25, 0.3) is 0 Å². The van der Waals surface area contributed by atoms with Crippen LogP contribution >= 0.6 is 0 Å². The van der Waals surface area contributed by atoms with E-state index in [0.717, 1.165) is 11.3 Å². The summed E-state index contributed by atoms with van der Waals surface area (Å²) in [6, 6.07) is 19.2.